The molecule has 1 aromatic rings. The van der Waals surface area contributed by atoms with Crippen LogP contribution in [0.2, 0.25) is 0 Å². The van der Waals surface area contributed by atoms with Crippen molar-refractivity contribution < 1.29 is 4.79 Å². The molecule has 0 saturated carbocycles. The van der Waals surface area contributed by atoms with E-state index in [1.165, 1.54) is 5.57 Å². The summed E-state index contributed by atoms with van der Waals surface area (Å²) in [5, 5.41) is 13.5. The topological polar surface area (TPSA) is 66.9 Å². The minimum absolute atomic E-state index is 0.198. The molecule has 0 aromatic carbocycles. The largest absolute Gasteiger partial charge is 0.365 e. The summed E-state index contributed by atoms with van der Waals surface area (Å²) < 4.78 is 0. The predicted octanol–water partition coefficient (Wildman–Crippen LogP) is 1.60. The molecule has 0 unspecified atom stereocenters. The first-order chi connectivity index (χ1) is 8.13. The predicted molar refractivity (Wildman–Crippen MR) is 68.0 cm³/mol. The Labute approximate surface area is 101 Å². The molecule has 17 heavy (non-hydrogen) atoms. The van der Waals surface area contributed by atoms with Crippen molar-refractivity contribution in [2.75, 3.05) is 18.4 Å². The van der Waals surface area contributed by atoms with Crippen molar-refractivity contribution in [2.45, 2.75) is 20.8 Å². The zero-order chi connectivity index (χ0) is 12.7. The average Bonchev–Trinajstić information content (AvgIpc) is 2.30. The molecule has 0 radical (unpaired) electrons. The maximum atomic E-state index is 11.4. The van der Waals surface area contributed by atoms with Crippen LogP contribution >= 0.6 is 0 Å². The first kappa shape index (κ1) is 13.2. The number of rotatable bonds is 5. The lowest BCUT2D eigenvalue weighted by Crippen LogP contribution is -2.24. The molecule has 0 aliphatic heterocycles. The quantitative estimate of drug-likeness (QED) is 0.759. The summed E-state index contributed by atoms with van der Waals surface area (Å²) in [4.78, 5) is 11.4. The van der Waals surface area contributed by atoms with Crippen LogP contribution in [0.3, 0.4) is 0 Å². The van der Waals surface area contributed by atoms with E-state index < -0.39 is 0 Å². The Morgan fingerprint density at radius 3 is 2.65 bits per heavy atom. The van der Waals surface area contributed by atoms with Crippen molar-refractivity contribution in [3.05, 3.63) is 29.5 Å². The second kappa shape index (κ2) is 6.62. The number of allylic oxidation sites excluding steroid dienone is 1. The lowest BCUT2D eigenvalue weighted by atomic mass is 10.3. The highest BCUT2D eigenvalue weighted by molar-refractivity contribution is 5.92. The SMILES string of the molecule is CCNC(=O)c1ccc(NCC=C(C)C)nn1. The van der Waals surface area contributed by atoms with Gasteiger partial charge >= 0.3 is 0 Å². The van der Waals surface area contributed by atoms with E-state index in [4.69, 9.17) is 0 Å². The van der Waals surface area contributed by atoms with Crippen LogP contribution in [0.25, 0.3) is 0 Å². The highest BCUT2D eigenvalue weighted by atomic mass is 16.1. The third-order valence-corrected chi connectivity index (χ3v) is 2.03. The molecule has 1 rings (SSSR count). The molecule has 1 amide bonds. The number of aromatic nitrogens is 2. The van der Waals surface area contributed by atoms with Crippen molar-refractivity contribution in [3.63, 3.8) is 0 Å². The first-order valence-electron chi connectivity index (χ1n) is 5.62. The van der Waals surface area contributed by atoms with Gasteiger partial charge in [-0.05, 0) is 32.9 Å². The van der Waals surface area contributed by atoms with E-state index in [1.54, 1.807) is 12.1 Å². The summed E-state index contributed by atoms with van der Waals surface area (Å²) in [6, 6.07) is 3.40. The second-order valence-corrected chi connectivity index (χ2v) is 3.83. The molecule has 0 spiro atoms. The highest BCUT2D eigenvalue weighted by Crippen LogP contribution is 2.02. The van der Waals surface area contributed by atoms with E-state index in [0.29, 0.717) is 24.6 Å². The summed E-state index contributed by atoms with van der Waals surface area (Å²) in [5.41, 5.74) is 1.57. The maximum absolute atomic E-state index is 11.4. The Kier molecular flexibility index (Phi) is 5.13. The van der Waals surface area contributed by atoms with Crippen molar-refractivity contribution >= 4 is 11.7 Å². The van der Waals surface area contributed by atoms with Gasteiger partial charge in [0.25, 0.3) is 5.91 Å². The monoisotopic (exact) mass is 234 g/mol. The van der Waals surface area contributed by atoms with Crippen LogP contribution in [0.5, 0.6) is 0 Å². The third kappa shape index (κ3) is 4.63. The average molecular weight is 234 g/mol. The van der Waals surface area contributed by atoms with Gasteiger partial charge in [0.1, 0.15) is 5.82 Å². The Hall–Kier alpha value is -1.91. The molecule has 0 fully saturated rings. The summed E-state index contributed by atoms with van der Waals surface area (Å²) in [6.45, 7) is 7.22. The fourth-order valence-electron chi connectivity index (χ4n) is 1.16. The van der Waals surface area contributed by atoms with Gasteiger partial charge in [0.05, 0.1) is 0 Å². The zero-order valence-corrected chi connectivity index (χ0v) is 10.4. The van der Waals surface area contributed by atoms with Gasteiger partial charge in [-0.2, -0.15) is 0 Å². The van der Waals surface area contributed by atoms with Crippen LogP contribution in [0.4, 0.5) is 5.82 Å². The molecule has 2 N–H and O–H groups in total. The summed E-state index contributed by atoms with van der Waals surface area (Å²) in [6.07, 6.45) is 2.05. The van der Waals surface area contributed by atoms with E-state index in [1.807, 2.05) is 20.8 Å². The third-order valence-electron chi connectivity index (χ3n) is 2.03. The van der Waals surface area contributed by atoms with Crippen LogP contribution in [-0.2, 0) is 0 Å². The second-order valence-electron chi connectivity index (χ2n) is 3.83. The van der Waals surface area contributed by atoms with Gasteiger partial charge in [0.15, 0.2) is 5.69 Å². The molecule has 1 heterocycles. The Morgan fingerprint density at radius 2 is 2.12 bits per heavy atom. The standard InChI is InChI=1S/C12H18N4O/c1-4-13-12(17)10-5-6-11(16-15-10)14-8-7-9(2)3/h5-7H,4,8H2,1-3H3,(H,13,17)(H,14,16). The molecular weight excluding hydrogens is 216 g/mol. The molecule has 1 aromatic heterocycles. The number of carbonyl (C=O) groups is 1. The van der Waals surface area contributed by atoms with E-state index in [2.05, 4.69) is 26.9 Å². The van der Waals surface area contributed by atoms with Crippen molar-refractivity contribution in [1.29, 1.82) is 0 Å². The first-order valence-corrected chi connectivity index (χ1v) is 5.62. The van der Waals surface area contributed by atoms with E-state index in [-0.39, 0.29) is 5.91 Å². The number of carbonyl (C=O) groups excluding carboxylic acids is 1. The summed E-state index contributed by atoms with van der Waals surface area (Å²) in [5.74, 6) is 0.464. The van der Waals surface area contributed by atoms with E-state index >= 15 is 0 Å². The molecule has 5 heteroatoms. The molecule has 0 bridgehead atoms. The number of anilines is 1. The van der Waals surface area contributed by atoms with Crippen LogP contribution in [0.15, 0.2) is 23.8 Å². The lowest BCUT2D eigenvalue weighted by molar-refractivity contribution is 0.0950. The van der Waals surface area contributed by atoms with Crippen LogP contribution in [0, 0.1) is 0 Å². The molecule has 0 saturated heterocycles. The number of amides is 1. The molecule has 0 aliphatic carbocycles. The van der Waals surface area contributed by atoms with Gasteiger partial charge in [0.2, 0.25) is 0 Å². The van der Waals surface area contributed by atoms with Crippen LogP contribution in [-0.4, -0.2) is 29.2 Å². The fourth-order valence-corrected chi connectivity index (χ4v) is 1.16. The lowest BCUT2D eigenvalue weighted by Gasteiger charge is -2.03. The number of nitrogens with zero attached hydrogens (tertiary/aromatic N) is 2. The van der Waals surface area contributed by atoms with E-state index in [9.17, 15) is 4.79 Å². The van der Waals surface area contributed by atoms with Gasteiger partial charge in [-0.25, -0.2) is 0 Å². The minimum atomic E-state index is -0.198. The van der Waals surface area contributed by atoms with Crippen LogP contribution in [0.1, 0.15) is 31.3 Å². The molecule has 92 valence electrons. The smallest absolute Gasteiger partial charge is 0.271 e. The number of hydrogen-bond acceptors (Lipinski definition) is 4. The van der Waals surface area contributed by atoms with Gasteiger partial charge in [0, 0.05) is 13.1 Å². The fraction of sp³-hybridized carbons (Fsp3) is 0.417. The van der Waals surface area contributed by atoms with Gasteiger partial charge in [-0.3, -0.25) is 4.79 Å². The van der Waals surface area contributed by atoms with Gasteiger partial charge < -0.3 is 10.6 Å². The molecule has 0 atom stereocenters. The van der Waals surface area contributed by atoms with Crippen molar-refractivity contribution in [2.24, 2.45) is 0 Å². The van der Waals surface area contributed by atoms with E-state index in [0.717, 1.165) is 0 Å². The summed E-state index contributed by atoms with van der Waals surface area (Å²) >= 11 is 0. The zero-order valence-electron chi connectivity index (χ0n) is 10.4. The number of nitrogens with one attached hydrogen (secondary N) is 2. The summed E-state index contributed by atoms with van der Waals surface area (Å²) in [7, 11) is 0. The number of hydrogen-bond donors (Lipinski definition) is 2. The molecule has 5 nitrogen and oxygen atoms in total. The Balaban J connectivity index is 2.56. The molecule has 0 aliphatic rings. The minimum Gasteiger partial charge on any atom is -0.365 e. The Morgan fingerprint density at radius 1 is 1.35 bits per heavy atom. The maximum Gasteiger partial charge on any atom is 0.271 e. The van der Waals surface area contributed by atoms with Crippen molar-refractivity contribution in [3.8, 4) is 0 Å². The van der Waals surface area contributed by atoms with Crippen LogP contribution < -0.4 is 10.6 Å². The van der Waals surface area contributed by atoms with Crippen molar-refractivity contribution in [1.82, 2.24) is 15.5 Å². The highest BCUT2D eigenvalue weighted by Gasteiger charge is 2.05. The normalized spacial score (nSPS) is 9.59. The van der Waals surface area contributed by atoms with Gasteiger partial charge in [-0.15, -0.1) is 10.2 Å². The van der Waals surface area contributed by atoms with Gasteiger partial charge in [-0.1, -0.05) is 11.6 Å². The Bertz CT molecular complexity index is 393. The molecular formula is C12H18N4O.